The molecule has 4 nitrogen and oxygen atoms in total. The van der Waals surface area contributed by atoms with Gasteiger partial charge in [0.15, 0.2) is 0 Å². The highest BCUT2D eigenvalue weighted by Gasteiger charge is 2.02. The number of hydrogen-bond acceptors (Lipinski definition) is 3. The van der Waals surface area contributed by atoms with Crippen LogP contribution in [0.5, 0.6) is 0 Å². The van der Waals surface area contributed by atoms with E-state index in [4.69, 9.17) is 10.2 Å². The molecule has 0 unspecified atom stereocenters. The van der Waals surface area contributed by atoms with Gasteiger partial charge in [0.2, 0.25) is 0 Å². The Hall–Kier alpha value is -2.66. The van der Waals surface area contributed by atoms with E-state index in [0.717, 1.165) is 12.8 Å². The van der Waals surface area contributed by atoms with E-state index in [2.05, 4.69) is 37.3 Å². The average molecular weight is 642 g/mol. The van der Waals surface area contributed by atoms with Crippen molar-refractivity contribution in [1.82, 2.24) is 4.90 Å². The highest BCUT2D eigenvalue weighted by molar-refractivity contribution is 5.85. The maximum atomic E-state index is 10.3. The molecule has 0 aliphatic heterocycles. The Morgan fingerprint density at radius 1 is 0.622 bits per heavy atom. The van der Waals surface area contributed by atoms with Gasteiger partial charge in [-0.2, -0.15) is 0 Å². The van der Waals surface area contributed by atoms with Gasteiger partial charge in [0.25, 0.3) is 0 Å². The van der Waals surface area contributed by atoms with Crippen LogP contribution in [0.25, 0.3) is 5.57 Å². The largest absolute Gasteiger partial charge is 0.481 e. The second kappa shape index (κ2) is 34.2. The standard InChI is InChI=1S/C19H18O.C18H36O2.C3H9N.ClH/c20-16-10-2-1-9-15-19(17-11-5-3-6-12-17)18-13-7-4-8-14-18;1-2-3-4-5-6-7-8-9-10-11-12-13-14-15-16-17-18(19)20;1-4(2)3;/h1-15,20H,16H2;2-17H2,1H3,(H,19,20);1-3H3;1H/b9-1+,10-2+;;;. The van der Waals surface area contributed by atoms with Crippen LogP contribution in [-0.4, -0.2) is 48.8 Å². The van der Waals surface area contributed by atoms with Gasteiger partial charge in [-0.15, -0.1) is 12.4 Å². The molecule has 0 amide bonds. The summed E-state index contributed by atoms with van der Waals surface area (Å²) >= 11 is 0. The van der Waals surface area contributed by atoms with Crippen LogP contribution < -0.4 is 0 Å². The van der Waals surface area contributed by atoms with Crippen LogP contribution in [-0.2, 0) is 4.79 Å². The predicted octanol–water partition coefficient (Wildman–Crippen LogP) is 11.2. The number of hydrogen-bond donors (Lipinski definition) is 2. The molecule has 0 aliphatic carbocycles. The molecule has 0 atom stereocenters. The van der Waals surface area contributed by atoms with Crippen LogP contribution in [0.3, 0.4) is 0 Å². The summed E-state index contributed by atoms with van der Waals surface area (Å²) < 4.78 is 0. The molecule has 0 aromatic heterocycles. The number of allylic oxidation sites excluding steroid dienone is 4. The number of carbonyl (C=O) groups is 1. The SMILES string of the molecule is CCCCCCCCCCCCCCCCCC(=O)O.CN(C)C.Cl.OC/C=C/C=C/C=C(c1ccccc1)c1ccccc1. The summed E-state index contributed by atoms with van der Waals surface area (Å²) in [5.41, 5.74) is 3.56. The number of halogens is 1. The van der Waals surface area contributed by atoms with Gasteiger partial charge in [-0.05, 0) is 44.3 Å². The van der Waals surface area contributed by atoms with Gasteiger partial charge in [-0.25, -0.2) is 0 Å². The molecule has 0 bridgehead atoms. The van der Waals surface area contributed by atoms with Gasteiger partial charge in [-0.1, -0.05) is 188 Å². The van der Waals surface area contributed by atoms with Crippen molar-refractivity contribution >= 4 is 23.9 Å². The van der Waals surface area contributed by atoms with Crippen molar-refractivity contribution in [3.05, 3.63) is 102 Å². The van der Waals surface area contributed by atoms with Gasteiger partial charge in [-0.3, -0.25) is 4.79 Å². The second-order valence-electron chi connectivity index (χ2n) is 11.7. The van der Waals surface area contributed by atoms with Crippen molar-refractivity contribution in [2.75, 3.05) is 27.7 Å². The van der Waals surface area contributed by atoms with E-state index >= 15 is 0 Å². The Bertz CT molecular complexity index is 943. The molecule has 0 saturated heterocycles. The van der Waals surface area contributed by atoms with Gasteiger partial charge >= 0.3 is 5.97 Å². The Kier molecular flexibility index (Phi) is 33.8. The highest BCUT2D eigenvalue weighted by atomic mass is 35.5. The molecule has 0 heterocycles. The van der Waals surface area contributed by atoms with E-state index in [1.165, 1.54) is 100 Å². The third-order valence-electron chi connectivity index (χ3n) is 6.89. The summed E-state index contributed by atoms with van der Waals surface area (Å²) in [6.07, 6.45) is 29.7. The Morgan fingerprint density at radius 3 is 1.36 bits per heavy atom. The normalized spacial score (nSPS) is 10.5. The molecular formula is C40H64ClNO3. The maximum Gasteiger partial charge on any atom is 0.303 e. The Labute approximate surface area is 282 Å². The monoisotopic (exact) mass is 641 g/mol. The summed E-state index contributed by atoms with van der Waals surface area (Å²) in [7, 11) is 6.00. The molecule has 45 heavy (non-hydrogen) atoms. The number of aliphatic carboxylic acids is 1. The molecule has 0 aliphatic rings. The fraction of sp³-hybridized carbons (Fsp3) is 0.525. The minimum atomic E-state index is -0.653. The summed E-state index contributed by atoms with van der Waals surface area (Å²) in [4.78, 5) is 12.3. The predicted molar refractivity (Wildman–Crippen MR) is 199 cm³/mol. The van der Waals surface area contributed by atoms with Crippen LogP contribution in [0.1, 0.15) is 121 Å². The number of carboxylic acids is 1. The zero-order valence-corrected chi connectivity index (χ0v) is 29.7. The van der Waals surface area contributed by atoms with Crippen LogP contribution in [0.15, 0.2) is 91.0 Å². The Balaban J connectivity index is 0. The molecule has 2 N–H and O–H groups in total. The first kappa shape index (κ1) is 44.5. The lowest BCUT2D eigenvalue weighted by molar-refractivity contribution is -0.137. The van der Waals surface area contributed by atoms with Crippen molar-refractivity contribution < 1.29 is 15.0 Å². The lowest BCUT2D eigenvalue weighted by atomic mass is 9.97. The minimum absolute atomic E-state index is 0. The lowest BCUT2D eigenvalue weighted by Crippen LogP contribution is -1.99. The van der Waals surface area contributed by atoms with Crippen LogP contribution in [0.2, 0.25) is 0 Å². The first-order valence-corrected chi connectivity index (χ1v) is 17.0. The number of aliphatic hydroxyl groups is 1. The number of carboxylic acid groups (broad SMARTS) is 1. The smallest absolute Gasteiger partial charge is 0.303 e. The van der Waals surface area contributed by atoms with Crippen molar-refractivity contribution in [1.29, 1.82) is 0 Å². The summed E-state index contributed by atoms with van der Waals surface area (Å²) in [6, 6.07) is 20.6. The molecule has 0 saturated carbocycles. The van der Waals surface area contributed by atoms with Gasteiger partial charge in [0, 0.05) is 6.42 Å². The number of rotatable bonds is 21. The van der Waals surface area contributed by atoms with E-state index in [-0.39, 0.29) is 19.0 Å². The van der Waals surface area contributed by atoms with Gasteiger partial charge < -0.3 is 15.1 Å². The van der Waals surface area contributed by atoms with E-state index in [1.54, 1.807) is 6.08 Å². The van der Waals surface area contributed by atoms with Crippen LogP contribution in [0.4, 0.5) is 0 Å². The number of nitrogens with zero attached hydrogens (tertiary/aromatic N) is 1. The maximum absolute atomic E-state index is 10.3. The third kappa shape index (κ3) is 31.1. The van der Waals surface area contributed by atoms with E-state index in [0.29, 0.717) is 6.42 Å². The number of benzene rings is 2. The molecule has 0 spiro atoms. The Morgan fingerprint density at radius 2 is 1.00 bits per heavy atom. The fourth-order valence-electron chi connectivity index (χ4n) is 4.60. The van der Waals surface area contributed by atoms with Crippen LogP contribution in [0, 0.1) is 0 Å². The number of aliphatic hydroxyl groups excluding tert-OH is 1. The van der Waals surface area contributed by atoms with Crippen molar-refractivity contribution in [2.45, 2.75) is 110 Å². The first-order chi connectivity index (χ1) is 21.4. The van der Waals surface area contributed by atoms with E-state index in [9.17, 15) is 4.79 Å². The summed E-state index contributed by atoms with van der Waals surface area (Å²) in [5, 5.41) is 17.2. The van der Waals surface area contributed by atoms with Gasteiger partial charge in [0.1, 0.15) is 0 Å². The molecule has 5 heteroatoms. The molecule has 2 rings (SSSR count). The van der Waals surface area contributed by atoms with E-state index in [1.807, 2.05) is 80.7 Å². The summed E-state index contributed by atoms with van der Waals surface area (Å²) in [5.74, 6) is -0.653. The molecule has 2 aromatic carbocycles. The zero-order chi connectivity index (χ0) is 32.5. The number of unbranched alkanes of at least 4 members (excludes halogenated alkanes) is 14. The topological polar surface area (TPSA) is 60.8 Å². The molecule has 254 valence electrons. The lowest BCUT2D eigenvalue weighted by Gasteiger charge is -2.07. The quantitative estimate of drug-likeness (QED) is 0.105. The van der Waals surface area contributed by atoms with Crippen molar-refractivity contribution in [3.8, 4) is 0 Å². The second-order valence-corrected chi connectivity index (χ2v) is 11.7. The average Bonchev–Trinajstić information content (AvgIpc) is 3.02. The van der Waals surface area contributed by atoms with Crippen molar-refractivity contribution in [2.24, 2.45) is 0 Å². The zero-order valence-electron chi connectivity index (χ0n) is 28.8. The molecule has 0 fully saturated rings. The fourth-order valence-corrected chi connectivity index (χ4v) is 4.60. The van der Waals surface area contributed by atoms with Crippen LogP contribution >= 0.6 is 12.4 Å². The third-order valence-corrected chi connectivity index (χ3v) is 6.89. The highest BCUT2D eigenvalue weighted by Crippen LogP contribution is 2.23. The molecular weight excluding hydrogens is 578 g/mol. The van der Waals surface area contributed by atoms with E-state index < -0.39 is 5.97 Å². The molecule has 2 aromatic rings. The van der Waals surface area contributed by atoms with Gasteiger partial charge in [0.05, 0.1) is 6.61 Å². The minimum Gasteiger partial charge on any atom is -0.481 e. The van der Waals surface area contributed by atoms with Crippen molar-refractivity contribution in [3.63, 3.8) is 0 Å². The first-order valence-electron chi connectivity index (χ1n) is 17.0. The summed E-state index contributed by atoms with van der Waals surface area (Å²) in [6.45, 7) is 2.34. The molecule has 0 radical (unpaired) electrons.